The Labute approximate surface area is 163 Å². The Morgan fingerprint density at radius 1 is 1.27 bits per heavy atom. The molecule has 6 nitrogen and oxygen atoms in total. The van der Waals surface area contributed by atoms with Crippen LogP contribution >= 0.6 is 32.9 Å². The zero-order valence-electron chi connectivity index (χ0n) is 14.7. The standard InChI is InChI=1S/C17H18N2O4S3/c1-9(2)12(16(21)23-4)19-14(20)13(22-3)15(19)25-26-17-18-10-7-5-6-8-11(10)24-17/h5-8,13,15H,1-4H3/t13-,15-/m0/s1. The number of methoxy groups -OCH3 is 2. The van der Waals surface area contributed by atoms with E-state index in [1.807, 2.05) is 24.3 Å². The Balaban J connectivity index is 1.80. The molecule has 0 N–H and O–H groups in total. The first-order valence-corrected chi connectivity index (χ1v) is 10.8. The number of hydrogen-bond acceptors (Lipinski definition) is 8. The largest absolute Gasteiger partial charge is 0.464 e. The Bertz CT molecular complexity index is 843. The number of para-hydroxylation sites is 1. The van der Waals surface area contributed by atoms with Crippen molar-refractivity contribution in [2.24, 2.45) is 0 Å². The summed E-state index contributed by atoms with van der Waals surface area (Å²) in [6.45, 7) is 3.56. The maximum absolute atomic E-state index is 12.4. The Hall–Kier alpha value is -1.55. The third kappa shape index (κ3) is 3.48. The van der Waals surface area contributed by atoms with Gasteiger partial charge in [-0.05, 0) is 42.3 Å². The molecule has 1 fully saturated rings. The van der Waals surface area contributed by atoms with Gasteiger partial charge in [-0.2, -0.15) is 0 Å². The van der Waals surface area contributed by atoms with Gasteiger partial charge < -0.3 is 9.47 Å². The van der Waals surface area contributed by atoms with Crippen molar-refractivity contribution in [3.05, 3.63) is 35.5 Å². The van der Waals surface area contributed by atoms with Gasteiger partial charge in [-0.1, -0.05) is 22.9 Å². The molecule has 138 valence electrons. The Morgan fingerprint density at radius 3 is 2.62 bits per heavy atom. The summed E-state index contributed by atoms with van der Waals surface area (Å²) in [5, 5.41) is -0.325. The van der Waals surface area contributed by atoms with Crippen LogP contribution in [0.25, 0.3) is 10.2 Å². The number of hydrogen-bond donors (Lipinski definition) is 0. The lowest BCUT2D eigenvalue weighted by molar-refractivity contribution is -0.162. The van der Waals surface area contributed by atoms with E-state index in [2.05, 4.69) is 4.98 Å². The van der Waals surface area contributed by atoms with Crippen molar-refractivity contribution in [1.29, 1.82) is 0 Å². The molecule has 1 aromatic carbocycles. The summed E-state index contributed by atoms with van der Waals surface area (Å²) < 4.78 is 12.2. The lowest BCUT2D eigenvalue weighted by Gasteiger charge is -2.45. The number of ether oxygens (including phenoxy) is 2. The highest BCUT2D eigenvalue weighted by molar-refractivity contribution is 8.77. The van der Waals surface area contributed by atoms with E-state index in [1.165, 1.54) is 40.7 Å². The monoisotopic (exact) mass is 410 g/mol. The highest BCUT2D eigenvalue weighted by Gasteiger charge is 2.52. The second-order valence-corrected chi connectivity index (χ2v) is 9.32. The van der Waals surface area contributed by atoms with Crippen LogP contribution in [0.4, 0.5) is 0 Å². The molecule has 9 heteroatoms. The molecular formula is C17H18N2O4S3. The molecule has 1 aromatic heterocycles. The fraction of sp³-hybridized carbons (Fsp3) is 0.353. The van der Waals surface area contributed by atoms with E-state index in [-0.39, 0.29) is 17.0 Å². The van der Waals surface area contributed by atoms with Crippen molar-refractivity contribution in [2.45, 2.75) is 29.7 Å². The molecule has 26 heavy (non-hydrogen) atoms. The zero-order valence-corrected chi connectivity index (χ0v) is 17.2. The molecule has 0 saturated carbocycles. The lowest BCUT2D eigenvalue weighted by atomic mass is 10.1. The summed E-state index contributed by atoms with van der Waals surface area (Å²) in [5.74, 6) is -0.764. The van der Waals surface area contributed by atoms with Gasteiger partial charge >= 0.3 is 5.97 Å². The number of carbonyl (C=O) groups is 2. The molecule has 2 atom stereocenters. The number of thiazole rings is 1. The maximum Gasteiger partial charge on any atom is 0.354 e. The van der Waals surface area contributed by atoms with E-state index in [0.29, 0.717) is 0 Å². The molecule has 2 aromatic rings. The number of amides is 1. The van der Waals surface area contributed by atoms with Crippen LogP contribution in [0, 0.1) is 0 Å². The van der Waals surface area contributed by atoms with Gasteiger partial charge in [0.15, 0.2) is 10.4 Å². The molecule has 1 aliphatic heterocycles. The van der Waals surface area contributed by atoms with E-state index in [1.54, 1.807) is 25.2 Å². The number of nitrogens with zero attached hydrogens (tertiary/aromatic N) is 2. The molecule has 0 radical (unpaired) electrons. The van der Waals surface area contributed by atoms with Crippen LogP contribution in [0.3, 0.4) is 0 Å². The summed E-state index contributed by atoms with van der Waals surface area (Å²) in [6, 6.07) is 7.93. The SMILES string of the molecule is COC(=O)C(=C(C)C)N1C(=O)[C@H](OC)[C@@H]1SSc1nc2ccccc2s1. The average molecular weight is 411 g/mol. The molecule has 2 heterocycles. The summed E-state index contributed by atoms with van der Waals surface area (Å²) in [7, 11) is 5.73. The molecule has 3 rings (SSSR count). The highest BCUT2D eigenvalue weighted by atomic mass is 33.1. The number of benzene rings is 1. The number of aromatic nitrogens is 1. The first kappa shape index (κ1) is 19.2. The van der Waals surface area contributed by atoms with Gasteiger partial charge in [0.25, 0.3) is 5.91 Å². The minimum Gasteiger partial charge on any atom is -0.464 e. The zero-order chi connectivity index (χ0) is 18.8. The van der Waals surface area contributed by atoms with Crippen molar-refractivity contribution in [3.8, 4) is 0 Å². The fourth-order valence-electron chi connectivity index (χ4n) is 2.60. The van der Waals surface area contributed by atoms with Crippen molar-refractivity contribution in [2.75, 3.05) is 14.2 Å². The fourth-order valence-corrected chi connectivity index (χ4v) is 6.52. The minimum absolute atomic E-state index is 0.239. The second kappa shape index (κ2) is 7.99. The first-order chi connectivity index (χ1) is 12.5. The molecule has 1 saturated heterocycles. The number of allylic oxidation sites excluding steroid dienone is 1. The maximum atomic E-state index is 12.4. The predicted octanol–water partition coefficient (Wildman–Crippen LogP) is 3.69. The van der Waals surface area contributed by atoms with Crippen LogP contribution in [-0.4, -0.2) is 47.5 Å². The highest BCUT2D eigenvalue weighted by Crippen LogP contribution is 2.46. The number of β-lactam (4-membered cyclic amide) rings is 1. The number of rotatable bonds is 6. The number of fused-ring (bicyclic) bond motifs is 1. The summed E-state index contributed by atoms with van der Waals surface area (Å²) >= 11 is 1.59. The van der Waals surface area contributed by atoms with Gasteiger partial charge in [0, 0.05) is 7.11 Å². The third-order valence-electron chi connectivity index (χ3n) is 3.83. The lowest BCUT2D eigenvalue weighted by Crippen LogP contribution is -2.63. The van der Waals surface area contributed by atoms with Gasteiger partial charge in [0.1, 0.15) is 11.1 Å². The van der Waals surface area contributed by atoms with Crippen LogP contribution in [0.5, 0.6) is 0 Å². The smallest absolute Gasteiger partial charge is 0.354 e. The Kier molecular flexibility index (Phi) is 5.91. The van der Waals surface area contributed by atoms with Crippen LogP contribution in [0.1, 0.15) is 13.8 Å². The van der Waals surface area contributed by atoms with Gasteiger partial charge in [0.05, 0.1) is 17.3 Å². The Morgan fingerprint density at radius 2 is 2.00 bits per heavy atom. The number of carbonyl (C=O) groups excluding carboxylic acids is 2. The number of likely N-dealkylation sites (tertiary alicyclic amines) is 1. The van der Waals surface area contributed by atoms with E-state index < -0.39 is 12.1 Å². The summed E-state index contributed by atoms with van der Waals surface area (Å²) in [6.07, 6.45) is -0.596. The predicted molar refractivity (Wildman–Crippen MR) is 105 cm³/mol. The second-order valence-electron chi connectivity index (χ2n) is 5.72. The van der Waals surface area contributed by atoms with Gasteiger partial charge in [-0.3, -0.25) is 9.69 Å². The molecule has 0 bridgehead atoms. The van der Waals surface area contributed by atoms with Crippen LogP contribution in [0.15, 0.2) is 39.9 Å². The summed E-state index contributed by atoms with van der Waals surface area (Å²) in [4.78, 5) is 30.6. The van der Waals surface area contributed by atoms with E-state index in [0.717, 1.165) is 20.1 Å². The average Bonchev–Trinajstić information content (AvgIpc) is 3.04. The first-order valence-electron chi connectivity index (χ1n) is 7.78. The normalized spacial score (nSPS) is 19.4. The van der Waals surface area contributed by atoms with E-state index >= 15 is 0 Å². The van der Waals surface area contributed by atoms with Crippen LogP contribution < -0.4 is 0 Å². The minimum atomic E-state index is -0.596. The van der Waals surface area contributed by atoms with Crippen LogP contribution in [0.2, 0.25) is 0 Å². The van der Waals surface area contributed by atoms with Crippen molar-refractivity contribution in [3.63, 3.8) is 0 Å². The summed E-state index contributed by atoms with van der Waals surface area (Å²) in [5.41, 5.74) is 1.94. The molecule has 0 spiro atoms. The van der Waals surface area contributed by atoms with Gasteiger partial charge in [-0.15, -0.1) is 11.3 Å². The number of esters is 1. The molecular weight excluding hydrogens is 392 g/mol. The van der Waals surface area contributed by atoms with Crippen molar-refractivity contribution in [1.82, 2.24) is 9.88 Å². The molecule has 1 amide bonds. The molecule has 0 unspecified atom stereocenters. The van der Waals surface area contributed by atoms with E-state index in [4.69, 9.17) is 9.47 Å². The topological polar surface area (TPSA) is 68.7 Å². The van der Waals surface area contributed by atoms with Gasteiger partial charge in [0.2, 0.25) is 0 Å². The van der Waals surface area contributed by atoms with E-state index in [9.17, 15) is 9.59 Å². The van der Waals surface area contributed by atoms with Crippen molar-refractivity contribution >= 4 is 55.0 Å². The van der Waals surface area contributed by atoms with Gasteiger partial charge in [-0.25, -0.2) is 9.78 Å². The quantitative estimate of drug-likeness (QED) is 0.311. The molecule has 1 aliphatic rings. The van der Waals surface area contributed by atoms with Crippen LogP contribution in [-0.2, 0) is 19.1 Å². The molecule has 0 aliphatic carbocycles. The van der Waals surface area contributed by atoms with Crippen molar-refractivity contribution < 1.29 is 19.1 Å². The third-order valence-corrected chi connectivity index (χ3v) is 7.82.